The molecule has 1 atom stereocenters. The molecule has 3 heterocycles. The number of rotatable bonds is 6. The van der Waals surface area contributed by atoms with Crippen molar-refractivity contribution in [2.45, 2.75) is 25.6 Å². The molecule has 162 valence electrons. The fourth-order valence-electron chi connectivity index (χ4n) is 4.04. The van der Waals surface area contributed by atoms with Crippen molar-refractivity contribution in [3.05, 3.63) is 66.0 Å². The Balaban J connectivity index is 1.33. The lowest BCUT2D eigenvalue weighted by atomic mass is 10.1. The molecule has 8 nitrogen and oxygen atoms in total. The second kappa shape index (κ2) is 9.70. The minimum absolute atomic E-state index is 0.0182. The van der Waals surface area contributed by atoms with E-state index in [2.05, 4.69) is 4.98 Å². The molecule has 1 unspecified atom stereocenters. The number of nitrogens with zero attached hydrogens (tertiary/aromatic N) is 4. The number of pyridine rings is 1. The Bertz CT molecular complexity index is 922. The quantitative estimate of drug-likeness (QED) is 0.696. The SMILES string of the molecule is O=C(COCc1ccccc1)N1CCC2C(=O)N(Cc3ccncc3)CC(=O)N2CC1. The first kappa shape index (κ1) is 21.0. The third-order valence-corrected chi connectivity index (χ3v) is 5.72. The smallest absolute Gasteiger partial charge is 0.248 e. The van der Waals surface area contributed by atoms with Crippen molar-refractivity contribution in [2.24, 2.45) is 0 Å². The molecule has 4 rings (SSSR count). The largest absolute Gasteiger partial charge is 0.367 e. The van der Waals surface area contributed by atoms with Crippen LogP contribution in [0.5, 0.6) is 0 Å². The van der Waals surface area contributed by atoms with Crippen molar-refractivity contribution in [3.8, 4) is 0 Å². The molecule has 3 amide bonds. The van der Waals surface area contributed by atoms with Gasteiger partial charge < -0.3 is 19.4 Å². The second-order valence-corrected chi connectivity index (χ2v) is 7.80. The zero-order valence-electron chi connectivity index (χ0n) is 17.4. The molecule has 0 spiro atoms. The first-order valence-electron chi connectivity index (χ1n) is 10.5. The van der Waals surface area contributed by atoms with Gasteiger partial charge in [0, 0.05) is 38.6 Å². The lowest BCUT2D eigenvalue weighted by Crippen LogP contribution is -2.59. The summed E-state index contributed by atoms with van der Waals surface area (Å²) >= 11 is 0. The van der Waals surface area contributed by atoms with Gasteiger partial charge in [0.05, 0.1) is 6.61 Å². The number of ether oxygens (including phenoxy) is 1. The number of piperazine rings is 1. The summed E-state index contributed by atoms with van der Waals surface area (Å²) in [4.78, 5) is 47.3. The number of fused-ring (bicyclic) bond motifs is 1. The molecule has 2 aromatic rings. The summed E-state index contributed by atoms with van der Waals surface area (Å²) in [5, 5.41) is 0. The number of carbonyl (C=O) groups excluding carboxylic acids is 3. The van der Waals surface area contributed by atoms with Crippen LogP contribution in [0, 0.1) is 0 Å². The van der Waals surface area contributed by atoms with Gasteiger partial charge >= 0.3 is 0 Å². The lowest BCUT2D eigenvalue weighted by Gasteiger charge is -2.39. The summed E-state index contributed by atoms with van der Waals surface area (Å²) in [6, 6.07) is 12.8. The number of hydrogen-bond acceptors (Lipinski definition) is 5. The van der Waals surface area contributed by atoms with Crippen LogP contribution in [0.2, 0.25) is 0 Å². The highest BCUT2D eigenvalue weighted by atomic mass is 16.5. The first-order valence-corrected chi connectivity index (χ1v) is 10.5. The summed E-state index contributed by atoms with van der Waals surface area (Å²) in [5.41, 5.74) is 1.94. The van der Waals surface area contributed by atoms with Gasteiger partial charge in [-0.05, 0) is 29.7 Å². The maximum Gasteiger partial charge on any atom is 0.248 e. The molecule has 0 saturated carbocycles. The predicted molar refractivity (Wildman–Crippen MR) is 112 cm³/mol. The van der Waals surface area contributed by atoms with E-state index in [-0.39, 0.29) is 30.9 Å². The molecule has 0 aliphatic carbocycles. The van der Waals surface area contributed by atoms with Crippen LogP contribution < -0.4 is 0 Å². The van der Waals surface area contributed by atoms with E-state index in [1.165, 1.54) is 0 Å². The van der Waals surface area contributed by atoms with E-state index in [0.29, 0.717) is 39.2 Å². The average Bonchev–Trinajstić information content (AvgIpc) is 3.02. The fourth-order valence-corrected chi connectivity index (χ4v) is 4.04. The highest BCUT2D eigenvalue weighted by molar-refractivity contribution is 5.95. The summed E-state index contributed by atoms with van der Waals surface area (Å²) in [6.45, 7) is 2.00. The Kier molecular flexibility index (Phi) is 6.57. The lowest BCUT2D eigenvalue weighted by molar-refractivity contribution is -0.156. The number of carbonyl (C=O) groups is 3. The summed E-state index contributed by atoms with van der Waals surface area (Å²) < 4.78 is 5.57. The summed E-state index contributed by atoms with van der Waals surface area (Å²) in [6.07, 6.45) is 3.78. The van der Waals surface area contributed by atoms with E-state index in [0.717, 1.165) is 11.1 Å². The summed E-state index contributed by atoms with van der Waals surface area (Å²) in [5.74, 6) is -0.261. The topological polar surface area (TPSA) is 83.0 Å². The van der Waals surface area contributed by atoms with Crippen LogP contribution in [0.3, 0.4) is 0 Å². The maximum atomic E-state index is 13.1. The van der Waals surface area contributed by atoms with E-state index in [1.54, 1.807) is 27.1 Å². The Labute approximate surface area is 181 Å². The van der Waals surface area contributed by atoms with Crippen molar-refractivity contribution in [1.29, 1.82) is 0 Å². The number of hydrogen-bond donors (Lipinski definition) is 0. The van der Waals surface area contributed by atoms with Crippen molar-refractivity contribution in [2.75, 3.05) is 32.8 Å². The van der Waals surface area contributed by atoms with E-state index < -0.39 is 6.04 Å². The van der Waals surface area contributed by atoms with Crippen molar-refractivity contribution >= 4 is 17.7 Å². The zero-order chi connectivity index (χ0) is 21.6. The van der Waals surface area contributed by atoms with Crippen LogP contribution in [-0.4, -0.2) is 76.2 Å². The van der Waals surface area contributed by atoms with E-state index in [4.69, 9.17) is 4.74 Å². The highest BCUT2D eigenvalue weighted by Crippen LogP contribution is 2.21. The van der Waals surface area contributed by atoms with Crippen LogP contribution in [0.4, 0.5) is 0 Å². The van der Waals surface area contributed by atoms with Crippen LogP contribution in [0.1, 0.15) is 17.5 Å². The van der Waals surface area contributed by atoms with Gasteiger partial charge in [-0.3, -0.25) is 19.4 Å². The molecule has 1 aromatic carbocycles. The number of aromatic nitrogens is 1. The molecular formula is C23H26N4O4. The third-order valence-electron chi connectivity index (χ3n) is 5.72. The van der Waals surface area contributed by atoms with E-state index in [1.807, 2.05) is 42.5 Å². The van der Waals surface area contributed by atoms with Crippen LogP contribution >= 0.6 is 0 Å². The van der Waals surface area contributed by atoms with Crippen molar-refractivity contribution < 1.29 is 19.1 Å². The normalized spacial score (nSPS) is 19.2. The summed E-state index contributed by atoms with van der Waals surface area (Å²) in [7, 11) is 0. The van der Waals surface area contributed by atoms with Gasteiger partial charge in [-0.1, -0.05) is 30.3 Å². The molecule has 0 bridgehead atoms. The zero-order valence-corrected chi connectivity index (χ0v) is 17.4. The standard InChI is InChI=1S/C23H26N4O4/c28-21-15-26(14-18-6-9-24-10-7-18)23(30)20-8-11-25(12-13-27(20)21)22(29)17-31-16-19-4-2-1-3-5-19/h1-7,9-10,20H,8,11-17H2. The highest BCUT2D eigenvalue weighted by Gasteiger charge is 2.41. The molecule has 0 N–H and O–H groups in total. The first-order chi connectivity index (χ1) is 15.1. The Hall–Kier alpha value is -3.26. The van der Waals surface area contributed by atoms with Gasteiger partial charge in [0.15, 0.2) is 0 Å². The van der Waals surface area contributed by atoms with Crippen LogP contribution in [0.15, 0.2) is 54.9 Å². The molecule has 31 heavy (non-hydrogen) atoms. The van der Waals surface area contributed by atoms with Crippen molar-refractivity contribution in [1.82, 2.24) is 19.7 Å². The molecule has 2 saturated heterocycles. The second-order valence-electron chi connectivity index (χ2n) is 7.80. The Morgan fingerprint density at radius 3 is 2.55 bits per heavy atom. The monoisotopic (exact) mass is 422 g/mol. The Morgan fingerprint density at radius 1 is 1.00 bits per heavy atom. The number of amides is 3. The molecule has 2 fully saturated rings. The van der Waals surface area contributed by atoms with Gasteiger partial charge in [-0.25, -0.2) is 0 Å². The van der Waals surface area contributed by atoms with Crippen LogP contribution in [-0.2, 0) is 32.3 Å². The van der Waals surface area contributed by atoms with E-state index >= 15 is 0 Å². The Morgan fingerprint density at radius 2 is 1.77 bits per heavy atom. The molecule has 2 aliphatic heterocycles. The minimum Gasteiger partial charge on any atom is -0.367 e. The van der Waals surface area contributed by atoms with Gasteiger partial charge in [0.1, 0.15) is 19.2 Å². The molecule has 2 aliphatic rings. The third kappa shape index (κ3) is 5.08. The van der Waals surface area contributed by atoms with Crippen LogP contribution in [0.25, 0.3) is 0 Å². The number of benzene rings is 1. The molecule has 0 radical (unpaired) electrons. The van der Waals surface area contributed by atoms with Gasteiger partial charge in [0.25, 0.3) is 0 Å². The molecule has 8 heteroatoms. The predicted octanol–water partition coefficient (Wildman–Crippen LogP) is 1.07. The maximum absolute atomic E-state index is 13.1. The minimum atomic E-state index is -0.522. The molecular weight excluding hydrogens is 396 g/mol. The van der Waals surface area contributed by atoms with Gasteiger partial charge in [-0.2, -0.15) is 0 Å². The van der Waals surface area contributed by atoms with Gasteiger partial charge in [-0.15, -0.1) is 0 Å². The van der Waals surface area contributed by atoms with E-state index in [9.17, 15) is 14.4 Å². The molecule has 1 aromatic heterocycles. The average molecular weight is 422 g/mol. The van der Waals surface area contributed by atoms with Crippen molar-refractivity contribution in [3.63, 3.8) is 0 Å². The fraction of sp³-hybridized carbons (Fsp3) is 0.391. The van der Waals surface area contributed by atoms with Gasteiger partial charge in [0.2, 0.25) is 17.7 Å².